The fourth-order valence-electron chi connectivity index (χ4n) is 9.73. The third-order valence-electron chi connectivity index (χ3n) is 14.2. The molecule has 0 aromatic rings. The summed E-state index contributed by atoms with van der Waals surface area (Å²) in [6, 6.07) is -0.426. The first-order chi connectivity index (χ1) is 55.6. The van der Waals surface area contributed by atoms with Crippen molar-refractivity contribution in [2.45, 2.75) is 294 Å². The molecule has 756 valence electrons. The molecule has 0 saturated carbocycles. The van der Waals surface area contributed by atoms with Crippen LogP contribution in [-0.2, 0) is 129 Å². The van der Waals surface area contributed by atoms with Crippen LogP contribution in [0.1, 0.15) is 60.8 Å². The zero-order valence-electron chi connectivity index (χ0n) is 84.8. The van der Waals surface area contributed by atoms with Gasteiger partial charge in [0.25, 0.3) is 0 Å². The number of rotatable bonds is 54. The fraction of sp³-hybridized carbons (Fsp3) is 1.00. The smallest absolute Gasteiger partial charge is 0.439 e. The molecule has 0 fully saturated rings. The number of alkyl halides is 9. The van der Waals surface area contributed by atoms with Crippen molar-refractivity contribution < 1.29 is 169 Å². The second-order valence-electron chi connectivity index (χ2n) is 30.9. The van der Waals surface area contributed by atoms with Gasteiger partial charge in [-0.3, -0.25) is 0 Å². The van der Waals surface area contributed by atoms with Crippen molar-refractivity contribution in [1.29, 1.82) is 0 Å². The van der Waals surface area contributed by atoms with E-state index in [1.54, 1.807) is 47.5 Å². The van der Waals surface area contributed by atoms with Crippen LogP contribution in [0.15, 0.2) is 0 Å². The largest absolute Gasteiger partial charge is 0.669 e. The van der Waals surface area contributed by atoms with Gasteiger partial charge in [-0.15, -0.1) is 0 Å². The van der Waals surface area contributed by atoms with Crippen LogP contribution >= 0.6 is 0 Å². The SMILES string of the molecule is CCO[Si](C)(C)O[SiH](C)C.CCO[Si](C)(OCC)O[SiH](C)C.CCO[Si](OCC)(OCC)O[SiH](C)C.CO[Si](C)(C)O[SiH](C)C.CO[Si](C)(C)O[Si](C)(CCC(F)(F)F)O[SiH](C)C.CO[Si](C)(OC)O[SiH](C)C.CO[Si](C)(OC)O[Si](C)(CCC(F)(F)F)O[SiH](C)C.CO[Si](OC)(OC)O[SiH](C)C.CO[Si](OC)(OC)O[Si](C)(CCC(F)(F)F)O[SiH](C)C. The lowest BCUT2D eigenvalue weighted by Gasteiger charge is -2.36. The van der Waals surface area contributed by atoms with E-state index in [9.17, 15) is 39.5 Å². The number of hydrogen-bond donors (Lipinski definition) is 0. The Balaban J connectivity index is -0.000000172. The van der Waals surface area contributed by atoms with Crippen LogP contribution in [0.4, 0.5) is 39.5 Å². The summed E-state index contributed by atoms with van der Waals surface area (Å²) in [7, 11) is -23.6. The molecule has 0 spiro atoms. The van der Waals surface area contributed by atoms with Gasteiger partial charge < -0.3 is 129 Å². The van der Waals surface area contributed by atoms with Crippen LogP contribution in [0, 0.1) is 0 Å². The minimum absolute atomic E-state index is 0.0680. The van der Waals surface area contributed by atoms with E-state index in [1.165, 1.54) is 64.0 Å². The first kappa shape index (κ1) is 144. The van der Waals surface area contributed by atoms with Crippen molar-refractivity contribution in [2.24, 2.45) is 0 Å². The summed E-state index contributed by atoms with van der Waals surface area (Å²) in [4.78, 5) is 0. The van der Waals surface area contributed by atoms with Crippen LogP contribution in [0.25, 0.3) is 0 Å². The molecule has 3 atom stereocenters. The summed E-state index contributed by atoms with van der Waals surface area (Å²) in [5.41, 5.74) is 0. The topological polar surface area (TPSA) is 277 Å². The predicted molar refractivity (Wildman–Crippen MR) is 523 cm³/mol. The Bertz CT molecular complexity index is 2410. The van der Waals surface area contributed by atoms with Crippen molar-refractivity contribution in [3.63, 3.8) is 0 Å². The summed E-state index contributed by atoms with van der Waals surface area (Å²) < 4.78 is 275. The average molecular weight is 2180 g/mol. The monoisotopic (exact) mass is 2170 g/mol. The molecule has 60 heteroatoms. The van der Waals surface area contributed by atoms with Gasteiger partial charge in [0.2, 0.25) is 0 Å². The van der Waals surface area contributed by atoms with Crippen molar-refractivity contribution in [2.75, 3.05) is 125 Å². The van der Waals surface area contributed by atoms with Crippen LogP contribution in [-0.4, -0.2) is 330 Å². The highest BCUT2D eigenvalue weighted by Gasteiger charge is 2.53. The Morgan fingerprint density at radius 2 is 0.431 bits per heavy atom. The normalized spacial score (nSPS) is 14.5. The Labute approximate surface area is 768 Å². The van der Waals surface area contributed by atoms with E-state index in [-0.39, 0.29) is 18.1 Å². The van der Waals surface area contributed by atoms with E-state index in [1.807, 2.05) is 120 Å². The third kappa shape index (κ3) is 87.3. The second kappa shape index (κ2) is 73.0. The zero-order chi connectivity index (χ0) is 99.4. The zero-order valence-corrected chi connectivity index (χ0v) is 107. The van der Waals surface area contributed by atoms with Crippen molar-refractivity contribution in [1.82, 2.24) is 0 Å². The lowest BCUT2D eigenvalue weighted by Crippen LogP contribution is -2.57. The maximum Gasteiger partial charge on any atom is 0.669 e. The van der Waals surface area contributed by atoms with E-state index in [2.05, 4.69) is 91.7 Å². The maximum absolute atomic E-state index is 12.4. The van der Waals surface area contributed by atoms with Gasteiger partial charge >= 0.3 is 123 Å². The van der Waals surface area contributed by atoms with Crippen molar-refractivity contribution >= 4 is 186 Å². The second-order valence-corrected chi connectivity index (χ2v) is 92.2. The molecule has 0 heterocycles. The highest BCUT2D eigenvalue weighted by atomic mass is 28.5. The molecule has 0 N–H and O–H groups in total. The summed E-state index contributed by atoms with van der Waals surface area (Å²) in [6.07, 6.45) is -15.4. The lowest BCUT2D eigenvalue weighted by molar-refractivity contribution is -0.132. The Kier molecular flexibility index (Phi) is 85.2. The molecule has 0 aliphatic carbocycles. The molecule has 30 nitrogen and oxygen atoms in total. The van der Waals surface area contributed by atoms with E-state index in [0.29, 0.717) is 33.0 Å². The molecule has 0 aromatic carbocycles. The van der Waals surface area contributed by atoms with Gasteiger partial charge in [0.15, 0.2) is 81.4 Å². The molecule has 0 saturated heterocycles. The Hall–Kier alpha value is 2.72. The lowest BCUT2D eigenvalue weighted by atomic mass is 10.5. The highest BCUT2D eigenvalue weighted by Crippen LogP contribution is 2.34. The minimum Gasteiger partial charge on any atom is -0.439 e. The molecular formula is C63H177F9O30Si21. The summed E-state index contributed by atoms with van der Waals surface area (Å²) in [6.45, 7) is 74.8. The Morgan fingerprint density at radius 1 is 0.203 bits per heavy atom. The van der Waals surface area contributed by atoms with Crippen molar-refractivity contribution in [3.05, 3.63) is 0 Å². The van der Waals surface area contributed by atoms with Crippen LogP contribution in [0.3, 0.4) is 0 Å². The molecule has 0 rings (SSSR count). The van der Waals surface area contributed by atoms with Gasteiger partial charge in [-0.2, -0.15) is 39.5 Å². The molecule has 0 aromatic heterocycles. The molecular weight excluding hydrogens is 2000 g/mol. The van der Waals surface area contributed by atoms with E-state index < -0.39 is 224 Å². The molecule has 123 heavy (non-hydrogen) atoms. The van der Waals surface area contributed by atoms with E-state index in [4.69, 9.17) is 129 Å². The number of halogens is 9. The molecule has 0 aliphatic heterocycles. The maximum atomic E-state index is 12.4. The van der Waals surface area contributed by atoms with Gasteiger partial charge in [-0.1, -0.05) is 0 Å². The van der Waals surface area contributed by atoms with Crippen molar-refractivity contribution in [3.8, 4) is 0 Å². The first-order valence-electron chi connectivity index (χ1n) is 41.4. The molecule has 3 unspecified atom stereocenters. The average Bonchev–Trinajstić information content (AvgIpc) is 0.839. The highest BCUT2D eigenvalue weighted by molar-refractivity contribution is 6.83. The summed E-state index contributed by atoms with van der Waals surface area (Å²) in [5.74, 6) is 0. The molecule has 0 amide bonds. The Morgan fingerprint density at radius 3 is 0.626 bits per heavy atom. The fourth-order valence-corrected chi connectivity index (χ4v) is 68.8. The minimum atomic E-state index is -4.25. The van der Waals surface area contributed by atoms with E-state index >= 15 is 0 Å². The quantitative estimate of drug-likeness (QED) is 0.0404. The predicted octanol–water partition coefficient (Wildman–Crippen LogP) is 16.1. The molecule has 0 bridgehead atoms. The van der Waals surface area contributed by atoms with Crippen LogP contribution in [0.2, 0.25) is 215 Å². The van der Waals surface area contributed by atoms with Crippen LogP contribution < -0.4 is 0 Å². The third-order valence-corrected chi connectivity index (χ3v) is 73.0. The molecule has 0 radical (unpaired) electrons. The summed E-state index contributed by atoms with van der Waals surface area (Å²) in [5, 5.41) is 0. The van der Waals surface area contributed by atoms with Gasteiger partial charge in [0, 0.05) is 164 Å². The first-order valence-corrected chi connectivity index (χ1v) is 94.1. The summed E-state index contributed by atoms with van der Waals surface area (Å²) >= 11 is 0. The van der Waals surface area contributed by atoms with Gasteiger partial charge in [-0.25, -0.2) is 0 Å². The molecule has 0 aliphatic rings. The van der Waals surface area contributed by atoms with Gasteiger partial charge in [0.05, 0.1) is 0 Å². The number of hydrogen-bond acceptors (Lipinski definition) is 30. The van der Waals surface area contributed by atoms with Crippen LogP contribution in [0.5, 0.6) is 0 Å². The standard InChI is InChI=1S/C9H23F3O5Si3.C9H23F3O4Si3.C9H23F3O3Si3.C8H22O4Si2.C7H20O3Si2.C6H18O2Si2.C5H16O4Si2.C5H16O3Si2.C5H16O2Si2/c1-13-20(14-2,15-3)17-19(6,16-18(4)5)8-7-9(10,11)12;1-13-19(6,14-2)16-18(5,15-17(3)4)8-7-9(10,11)12;1-13-17(4,5)15-18(6,14-16(2)3)8-7-9(10,11)12;1-6-9-14(10-7-2,11-8-3)12-13(4)5;1-6-8-12(5,9-7-2)10-11(3)4;1-6-7-10(4,5)8-9(2)3;1-6-11(7-2,8-3)9-10(4)5;1-6-10(5,7-2)8-9(3)4;1-6-9(4,5)7-8(2)3/h18H,7-8H2,1-6H3;17H,7-8H2,1-6H3;16H,7-8H2,1-6H3;13H,6-8H2,1-5H3;11H,6-7H2,1-5H3;9H,6H2,1-5H3;10H,1-5H3;9H,1-5H3;8H,1-5H3. The van der Waals surface area contributed by atoms with E-state index in [0.717, 1.165) is 6.61 Å². The van der Waals surface area contributed by atoms with Gasteiger partial charge in [-0.05, 0) is 236 Å². The van der Waals surface area contributed by atoms with Gasteiger partial charge in [0.1, 0.15) is 0 Å².